The lowest BCUT2D eigenvalue weighted by Gasteiger charge is -1.75. The van der Waals surface area contributed by atoms with Crippen molar-refractivity contribution in [3.05, 3.63) is 11.8 Å². The summed E-state index contributed by atoms with van der Waals surface area (Å²) in [4.78, 5) is 0. The van der Waals surface area contributed by atoms with Crippen molar-refractivity contribution >= 4 is 23.6 Å². The van der Waals surface area contributed by atoms with Gasteiger partial charge >= 0.3 is 0 Å². The van der Waals surface area contributed by atoms with Crippen LogP contribution < -0.4 is 0 Å². The van der Waals surface area contributed by atoms with Crippen LogP contribution in [0.25, 0.3) is 0 Å². The standard InChI is InChI=1S/C4H5NOS2/c1-3-2-4(8-6)7-5-3/h2,6H,1H3. The van der Waals surface area contributed by atoms with Gasteiger partial charge in [-0.05, 0) is 24.5 Å². The second-order valence-electron chi connectivity index (χ2n) is 1.38. The van der Waals surface area contributed by atoms with Crippen LogP contribution in [0.15, 0.2) is 10.3 Å². The van der Waals surface area contributed by atoms with E-state index in [2.05, 4.69) is 4.37 Å². The lowest BCUT2D eigenvalue weighted by molar-refractivity contribution is 0.665. The number of hydrogen-bond donors (Lipinski definition) is 1. The summed E-state index contributed by atoms with van der Waals surface area (Å²) in [5, 5.41) is 0. The minimum absolute atomic E-state index is 0.746. The Labute approximate surface area is 55.9 Å². The molecule has 0 aliphatic carbocycles. The van der Waals surface area contributed by atoms with E-state index in [4.69, 9.17) is 4.55 Å². The summed E-state index contributed by atoms with van der Waals surface area (Å²) in [5.74, 6) is 0. The van der Waals surface area contributed by atoms with Crippen molar-refractivity contribution in [1.29, 1.82) is 0 Å². The molecule has 44 valence electrons. The summed E-state index contributed by atoms with van der Waals surface area (Å²) >= 11 is 2.06. The zero-order chi connectivity index (χ0) is 5.98. The van der Waals surface area contributed by atoms with Gasteiger partial charge < -0.3 is 4.55 Å². The largest absolute Gasteiger partial charge is 0.325 e. The van der Waals surface area contributed by atoms with Crippen molar-refractivity contribution in [3.63, 3.8) is 0 Å². The van der Waals surface area contributed by atoms with E-state index in [-0.39, 0.29) is 0 Å². The first-order valence-electron chi connectivity index (χ1n) is 2.07. The first-order chi connectivity index (χ1) is 3.83. The van der Waals surface area contributed by atoms with Crippen molar-refractivity contribution in [3.8, 4) is 0 Å². The zero-order valence-corrected chi connectivity index (χ0v) is 5.92. The molecule has 8 heavy (non-hydrogen) atoms. The summed E-state index contributed by atoms with van der Waals surface area (Å²) in [6.45, 7) is 1.90. The first-order valence-corrected chi connectivity index (χ1v) is 3.62. The lowest BCUT2D eigenvalue weighted by atomic mass is 10.5. The third-order valence-electron chi connectivity index (χ3n) is 0.696. The number of rotatable bonds is 1. The SMILES string of the molecule is Cc1cc(SO)sn1. The Morgan fingerprint density at radius 3 is 2.88 bits per heavy atom. The zero-order valence-electron chi connectivity index (χ0n) is 4.29. The highest BCUT2D eigenvalue weighted by atomic mass is 32.2. The molecular weight excluding hydrogens is 142 g/mol. The van der Waals surface area contributed by atoms with Gasteiger partial charge in [0.1, 0.15) is 4.21 Å². The Kier molecular flexibility index (Phi) is 1.88. The highest BCUT2D eigenvalue weighted by Gasteiger charge is 1.93. The van der Waals surface area contributed by atoms with Crippen LogP contribution in [0, 0.1) is 6.92 Å². The molecule has 1 rings (SSSR count). The molecule has 0 amide bonds. The number of aryl methyl sites for hydroxylation is 1. The highest BCUT2D eigenvalue weighted by molar-refractivity contribution is 7.95. The maximum atomic E-state index is 8.44. The number of aromatic nitrogens is 1. The summed E-state index contributed by atoms with van der Waals surface area (Å²) in [5.41, 5.74) is 0.964. The minimum Gasteiger partial charge on any atom is -0.325 e. The maximum absolute atomic E-state index is 8.44. The molecule has 0 aromatic carbocycles. The van der Waals surface area contributed by atoms with Gasteiger partial charge in [-0.2, -0.15) is 4.37 Å². The van der Waals surface area contributed by atoms with Gasteiger partial charge in [0.2, 0.25) is 0 Å². The van der Waals surface area contributed by atoms with Crippen molar-refractivity contribution in [2.45, 2.75) is 11.1 Å². The van der Waals surface area contributed by atoms with Crippen LogP contribution in [-0.4, -0.2) is 8.93 Å². The van der Waals surface area contributed by atoms with Gasteiger partial charge in [-0.3, -0.25) is 0 Å². The second-order valence-corrected chi connectivity index (χ2v) is 3.06. The Morgan fingerprint density at radius 2 is 2.62 bits per heavy atom. The molecule has 1 aromatic rings. The van der Waals surface area contributed by atoms with Crippen LogP contribution >= 0.6 is 23.6 Å². The second kappa shape index (κ2) is 2.48. The molecule has 1 aromatic heterocycles. The summed E-state index contributed by atoms with van der Waals surface area (Å²) < 4.78 is 13.2. The van der Waals surface area contributed by atoms with Crippen LogP contribution in [0.4, 0.5) is 0 Å². The van der Waals surface area contributed by atoms with Crippen molar-refractivity contribution in [1.82, 2.24) is 4.37 Å². The molecule has 0 saturated heterocycles. The topological polar surface area (TPSA) is 33.1 Å². The molecule has 0 aliphatic heterocycles. The third-order valence-corrected chi connectivity index (χ3v) is 2.12. The van der Waals surface area contributed by atoms with Gasteiger partial charge in [0.05, 0.1) is 5.69 Å². The average molecular weight is 147 g/mol. The smallest absolute Gasteiger partial charge is 0.108 e. The molecule has 4 heteroatoms. The normalized spacial score (nSPS) is 9.75. The van der Waals surface area contributed by atoms with Crippen LogP contribution in [0.5, 0.6) is 0 Å². The predicted molar refractivity (Wildman–Crippen MR) is 35.3 cm³/mol. The van der Waals surface area contributed by atoms with E-state index < -0.39 is 0 Å². The molecule has 0 bridgehead atoms. The van der Waals surface area contributed by atoms with E-state index in [1.807, 2.05) is 13.0 Å². The Morgan fingerprint density at radius 1 is 1.88 bits per heavy atom. The molecule has 0 fully saturated rings. The van der Waals surface area contributed by atoms with Gasteiger partial charge in [0, 0.05) is 12.0 Å². The molecule has 0 unspecified atom stereocenters. The van der Waals surface area contributed by atoms with E-state index in [0.717, 1.165) is 21.9 Å². The van der Waals surface area contributed by atoms with Crippen LogP contribution in [-0.2, 0) is 0 Å². The molecule has 2 nitrogen and oxygen atoms in total. The van der Waals surface area contributed by atoms with E-state index in [0.29, 0.717) is 0 Å². The fraction of sp³-hybridized carbons (Fsp3) is 0.250. The molecule has 0 saturated carbocycles. The van der Waals surface area contributed by atoms with Crippen molar-refractivity contribution in [2.75, 3.05) is 0 Å². The van der Waals surface area contributed by atoms with E-state index in [9.17, 15) is 0 Å². The minimum atomic E-state index is 0.746. The molecule has 0 radical (unpaired) electrons. The molecule has 0 spiro atoms. The average Bonchev–Trinajstić information content (AvgIpc) is 2.14. The van der Waals surface area contributed by atoms with Gasteiger partial charge in [0.15, 0.2) is 0 Å². The Bertz CT molecular complexity index is 174. The fourth-order valence-corrected chi connectivity index (χ4v) is 1.36. The highest BCUT2D eigenvalue weighted by Crippen LogP contribution is 2.19. The lowest BCUT2D eigenvalue weighted by Crippen LogP contribution is -1.59. The van der Waals surface area contributed by atoms with Crippen molar-refractivity contribution < 1.29 is 4.55 Å². The Hall–Kier alpha value is -0.0600. The first kappa shape index (κ1) is 6.07. The van der Waals surface area contributed by atoms with Gasteiger partial charge in [-0.15, -0.1) is 0 Å². The van der Waals surface area contributed by atoms with E-state index in [1.54, 1.807) is 0 Å². The van der Waals surface area contributed by atoms with Gasteiger partial charge in [0.25, 0.3) is 0 Å². The van der Waals surface area contributed by atoms with Crippen LogP contribution in [0.1, 0.15) is 5.69 Å². The molecular formula is C4H5NOS2. The molecule has 1 N–H and O–H groups in total. The third kappa shape index (κ3) is 1.21. The molecule has 1 heterocycles. The maximum Gasteiger partial charge on any atom is 0.108 e. The summed E-state index contributed by atoms with van der Waals surface area (Å²) in [7, 11) is 0. The van der Waals surface area contributed by atoms with Gasteiger partial charge in [-0.25, -0.2) is 0 Å². The van der Waals surface area contributed by atoms with Crippen molar-refractivity contribution in [2.24, 2.45) is 0 Å². The molecule has 0 aliphatic rings. The predicted octanol–water partition coefficient (Wildman–Crippen LogP) is 2.02. The Balaban J connectivity index is 2.84. The van der Waals surface area contributed by atoms with Crippen LogP contribution in [0.3, 0.4) is 0 Å². The fourth-order valence-electron chi connectivity index (χ4n) is 0.383. The summed E-state index contributed by atoms with van der Waals surface area (Å²) in [6, 6.07) is 1.84. The van der Waals surface area contributed by atoms with Gasteiger partial charge in [-0.1, -0.05) is 0 Å². The molecule has 0 atom stereocenters. The van der Waals surface area contributed by atoms with E-state index >= 15 is 0 Å². The number of hydrogen-bond acceptors (Lipinski definition) is 4. The quantitative estimate of drug-likeness (QED) is 0.617. The monoisotopic (exact) mass is 147 g/mol. The van der Waals surface area contributed by atoms with E-state index in [1.165, 1.54) is 11.5 Å². The van der Waals surface area contributed by atoms with Crippen LogP contribution in [0.2, 0.25) is 0 Å². The number of nitrogens with zero attached hydrogens (tertiary/aromatic N) is 1. The summed E-state index contributed by atoms with van der Waals surface area (Å²) in [6.07, 6.45) is 0.